The summed E-state index contributed by atoms with van der Waals surface area (Å²) >= 11 is 0. The van der Waals surface area contributed by atoms with Crippen molar-refractivity contribution in [2.24, 2.45) is 5.92 Å². The van der Waals surface area contributed by atoms with E-state index in [0.717, 1.165) is 11.0 Å². The number of aromatic nitrogens is 1. The average molecular weight is 417 g/mol. The van der Waals surface area contributed by atoms with Gasteiger partial charge in [-0.1, -0.05) is 12.1 Å². The summed E-state index contributed by atoms with van der Waals surface area (Å²) in [6, 6.07) is 4.89. The third-order valence-corrected chi connectivity index (χ3v) is 5.44. The van der Waals surface area contributed by atoms with Crippen LogP contribution in [0.5, 0.6) is 5.75 Å². The van der Waals surface area contributed by atoms with E-state index in [4.69, 9.17) is 9.47 Å². The zero-order valence-electron chi connectivity index (χ0n) is 16.6. The van der Waals surface area contributed by atoms with Gasteiger partial charge in [0.1, 0.15) is 24.2 Å². The standard InChI is InChI=1S/C21H21F2N3O4/c1-12-5-13(3-4-16(12)22)8-25-18(27)9-26(21(28)19(25)14-10-30-11-14)20-17(23)6-15(29-2)7-24-20/h3-7,14,19H,8-11H2,1-2H3/t19-/m0/s1. The summed E-state index contributed by atoms with van der Waals surface area (Å²) in [4.78, 5) is 32.9. The second kappa shape index (κ2) is 7.98. The minimum absolute atomic E-state index is 0.152. The minimum Gasteiger partial charge on any atom is -0.495 e. The molecule has 0 bridgehead atoms. The number of carbonyl (C=O) groups is 2. The first kappa shape index (κ1) is 20.2. The van der Waals surface area contributed by atoms with Gasteiger partial charge in [-0.2, -0.15) is 0 Å². The second-order valence-electron chi connectivity index (χ2n) is 7.45. The average Bonchev–Trinajstić information content (AvgIpc) is 2.68. The fourth-order valence-corrected chi connectivity index (χ4v) is 3.74. The number of pyridine rings is 1. The van der Waals surface area contributed by atoms with E-state index in [2.05, 4.69) is 4.98 Å². The predicted molar refractivity (Wildman–Crippen MR) is 103 cm³/mol. The highest BCUT2D eigenvalue weighted by Crippen LogP contribution is 2.31. The first-order valence-corrected chi connectivity index (χ1v) is 9.52. The molecular formula is C21H21F2N3O4. The molecule has 9 heteroatoms. The smallest absolute Gasteiger partial charge is 0.251 e. The molecule has 2 aliphatic rings. The lowest BCUT2D eigenvalue weighted by Gasteiger charge is -2.45. The molecule has 2 amide bonds. The van der Waals surface area contributed by atoms with Gasteiger partial charge in [0.05, 0.1) is 26.5 Å². The van der Waals surface area contributed by atoms with Crippen LogP contribution in [0.15, 0.2) is 30.5 Å². The van der Waals surface area contributed by atoms with Crippen LogP contribution in [0.2, 0.25) is 0 Å². The summed E-state index contributed by atoms with van der Waals surface area (Å²) < 4.78 is 38.3. The predicted octanol–water partition coefficient (Wildman–Crippen LogP) is 2.07. The molecule has 0 radical (unpaired) electrons. The molecule has 0 N–H and O–H groups in total. The molecule has 1 aromatic carbocycles. The van der Waals surface area contributed by atoms with Crippen molar-refractivity contribution in [3.63, 3.8) is 0 Å². The second-order valence-corrected chi connectivity index (χ2v) is 7.45. The molecule has 3 heterocycles. The van der Waals surface area contributed by atoms with Crippen molar-refractivity contribution in [3.05, 3.63) is 53.2 Å². The lowest BCUT2D eigenvalue weighted by Crippen LogP contribution is -2.65. The number of hydrogen-bond acceptors (Lipinski definition) is 5. The van der Waals surface area contributed by atoms with Gasteiger partial charge in [0.25, 0.3) is 5.91 Å². The number of carbonyl (C=O) groups excluding carboxylic acids is 2. The van der Waals surface area contributed by atoms with Crippen molar-refractivity contribution in [3.8, 4) is 5.75 Å². The lowest BCUT2D eigenvalue weighted by atomic mass is 9.92. The van der Waals surface area contributed by atoms with Crippen LogP contribution in [-0.4, -0.2) is 54.6 Å². The summed E-state index contributed by atoms with van der Waals surface area (Å²) in [7, 11) is 1.38. The Hall–Kier alpha value is -3.07. The van der Waals surface area contributed by atoms with Crippen LogP contribution < -0.4 is 9.64 Å². The number of benzene rings is 1. The number of rotatable bonds is 5. The molecule has 7 nitrogen and oxygen atoms in total. The van der Waals surface area contributed by atoms with E-state index in [9.17, 15) is 18.4 Å². The third-order valence-electron chi connectivity index (χ3n) is 5.44. The largest absolute Gasteiger partial charge is 0.495 e. The maximum atomic E-state index is 14.6. The zero-order chi connectivity index (χ0) is 21.4. The number of ether oxygens (including phenoxy) is 2. The zero-order valence-corrected chi connectivity index (χ0v) is 16.6. The molecule has 2 saturated heterocycles. The maximum Gasteiger partial charge on any atom is 0.251 e. The highest BCUT2D eigenvalue weighted by atomic mass is 19.1. The third kappa shape index (κ3) is 3.60. The number of halogens is 2. The number of amides is 2. The van der Waals surface area contributed by atoms with E-state index >= 15 is 0 Å². The van der Waals surface area contributed by atoms with Gasteiger partial charge in [-0.05, 0) is 24.1 Å². The van der Waals surface area contributed by atoms with Crippen molar-refractivity contribution in [2.75, 3.05) is 31.8 Å². The molecule has 2 aliphatic heterocycles. The van der Waals surface area contributed by atoms with Gasteiger partial charge in [-0.25, -0.2) is 13.8 Å². The molecule has 30 heavy (non-hydrogen) atoms. The molecule has 0 unspecified atom stereocenters. The Morgan fingerprint density at radius 3 is 2.57 bits per heavy atom. The Morgan fingerprint density at radius 2 is 1.97 bits per heavy atom. The van der Waals surface area contributed by atoms with Crippen LogP contribution >= 0.6 is 0 Å². The van der Waals surface area contributed by atoms with Crippen molar-refractivity contribution in [2.45, 2.75) is 19.5 Å². The van der Waals surface area contributed by atoms with Gasteiger partial charge in [0.2, 0.25) is 5.91 Å². The minimum atomic E-state index is -0.811. The Labute approximate surface area is 172 Å². The van der Waals surface area contributed by atoms with E-state index in [1.807, 2.05) is 0 Å². The molecule has 0 saturated carbocycles. The number of methoxy groups -OCH3 is 1. The Bertz CT molecular complexity index is 996. The van der Waals surface area contributed by atoms with Crippen LogP contribution in [0.3, 0.4) is 0 Å². The molecular weight excluding hydrogens is 396 g/mol. The van der Waals surface area contributed by atoms with Gasteiger partial charge >= 0.3 is 0 Å². The molecule has 4 rings (SSSR count). The lowest BCUT2D eigenvalue weighted by molar-refractivity contribution is -0.155. The summed E-state index contributed by atoms with van der Waals surface area (Å²) in [5.74, 6) is -2.05. The fraction of sp³-hybridized carbons (Fsp3) is 0.381. The summed E-state index contributed by atoms with van der Waals surface area (Å²) in [5, 5.41) is 0. The number of anilines is 1. The Morgan fingerprint density at radius 1 is 1.20 bits per heavy atom. The number of nitrogens with zero attached hydrogens (tertiary/aromatic N) is 3. The number of piperazine rings is 1. The summed E-state index contributed by atoms with van der Waals surface area (Å²) in [6.07, 6.45) is 1.30. The molecule has 0 spiro atoms. The van der Waals surface area contributed by atoms with Gasteiger partial charge in [0, 0.05) is 18.5 Å². The van der Waals surface area contributed by atoms with E-state index in [1.54, 1.807) is 19.1 Å². The van der Waals surface area contributed by atoms with E-state index in [1.165, 1.54) is 24.3 Å². The quantitative estimate of drug-likeness (QED) is 0.745. The van der Waals surface area contributed by atoms with E-state index < -0.39 is 17.8 Å². The molecule has 0 aliphatic carbocycles. The molecule has 2 aromatic rings. The van der Waals surface area contributed by atoms with Crippen molar-refractivity contribution >= 4 is 17.6 Å². The highest BCUT2D eigenvalue weighted by molar-refractivity contribution is 6.06. The molecule has 1 aromatic heterocycles. The normalized spacial score (nSPS) is 19.8. The summed E-state index contributed by atoms with van der Waals surface area (Å²) in [6.45, 7) is 2.11. The van der Waals surface area contributed by atoms with Crippen LogP contribution in [0.4, 0.5) is 14.6 Å². The van der Waals surface area contributed by atoms with Gasteiger partial charge in [-0.3, -0.25) is 14.5 Å². The number of aryl methyl sites for hydroxylation is 1. The Balaban J connectivity index is 1.65. The monoisotopic (exact) mass is 417 g/mol. The molecule has 2 fully saturated rings. The highest BCUT2D eigenvalue weighted by Gasteiger charge is 2.47. The van der Waals surface area contributed by atoms with E-state index in [-0.39, 0.29) is 42.3 Å². The summed E-state index contributed by atoms with van der Waals surface area (Å²) in [5.41, 5.74) is 1.17. The fourth-order valence-electron chi connectivity index (χ4n) is 3.74. The van der Waals surface area contributed by atoms with Gasteiger partial charge in [0.15, 0.2) is 11.6 Å². The van der Waals surface area contributed by atoms with Crippen LogP contribution in [0.1, 0.15) is 11.1 Å². The van der Waals surface area contributed by atoms with E-state index in [0.29, 0.717) is 24.3 Å². The molecule has 158 valence electrons. The Kier molecular flexibility index (Phi) is 5.38. The van der Waals surface area contributed by atoms with Gasteiger partial charge < -0.3 is 14.4 Å². The van der Waals surface area contributed by atoms with Crippen LogP contribution in [0, 0.1) is 24.5 Å². The first-order chi connectivity index (χ1) is 14.4. The number of hydrogen-bond donors (Lipinski definition) is 0. The topological polar surface area (TPSA) is 72.0 Å². The SMILES string of the molecule is COc1cnc(N2CC(=O)N(Cc3ccc(F)c(C)c3)[C@@H](C3COC3)C2=O)c(F)c1. The van der Waals surface area contributed by atoms with Crippen LogP contribution in [0.25, 0.3) is 0 Å². The first-order valence-electron chi connectivity index (χ1n) is 9.52. The van der Waals surface area contributed by atoms with Crippen molar-refractivity contribution in [1.82, 2.24) is 9.88 Å². The molecule has 1 atom stereocenters. The van der Waals surface area contributed by atoms with Crippen LogP contribution in [-0.2, 0) is 20.9 Å². The van der Waals surface area contributed by atoms with Crippen molar-refractivity contribution < 1.29 is 27.8 Å². The van der Waals surface area contributed by atoms with Gasteiger partial charge in [-0.15, -0.1) is 0 Å². The maximum absolute atomic E-state index is 14.6. The van der Waals surface area contributed by atoms with Crippen molar-refractivity contribution in [1.29, 1.82) is 0 Å².